The molecule has 4 nitrogen and oxygen atoms in total. The molecule has 0 aliphatic carbocycles. The Balaban J connectivity index is 1.83. The minimum Gasteiger partial charge on any atom is -0.481 e. The number of alkyl halides is 3. The minimum atomic E-state index is -4.28. The maximum Gasteiger partial charge on any atom is 0.389 e. The maximum absolute atomic E-state index is 12.1. The van der Waals surface area contributed by atoms with Gasteiger partial charge in [-0.2, -0.15) is 13.2 Å². The van der Waals surface area contributed by atoms with E-state index in [2.05, 4.69) is 4.98 Å². The van der Waals surface area contributed by atoms with Crippen LogP contribution in [0.5, 0.6) is 5.88 Å². The van der Waals surface area contributed by atoms with Gasteiger partial charge in [0, 0.05) is 31.8 Å². The molecule has 2 rings (SSSR count). The molecule has 1 aromatic heterocycles. The summed E-state index contributed by atoms with van der Waals surface area (Å²) in [5.41, 5.74) is 1.07. The van der Waals surface area contributed by atoms with E-state index in [1.807, 2.05) is 6.07 Å². The highest BCUT2D eigenvalue weighted by atomic mass is 19.4. The number of carbonyl (C=O) groups excluding carboxylic acids is 1. The average Bonchev–Trinajstić information content (AvgIpc) is 2.52. The molecule has 1 amide bonds. The van der Waals surface area contributed by atoms with Crippen molar-refractivity contribution in [3.8, 4) is 5.88 Å². The molecule has 2 heterocycles. The monoisotopic (exact) mass is 316 g/mol. The van der Waals surface area contributed by atoms with Crippen molar-refractivity contribution in [2.45, 2.75) is 37.8 Å². The molecule has 122 valence electrons. The zero-order chi connectivity index (χ0) is 16.2. The van der Waals surface area contributed by atoms with Crippen LogP contribution in [-0.2, 0) is 4.79 Å². The molecule has 0 N–H and O–H groups in total. The number of hydrogen-bond acceptors (Lipinski definition) is 3. The number of methoxy groups -OCH3 is 1. The Morgan fingerprint density at radius 1 is 1.36 bits per heavy atom. The van der Waals surface area contributed by atoms with Crippen molar-refractivity contribution in [2.75, 3.05) is 20.2 Å². The highest BCUT2D eigenvalue weighted by Gasteiger charge is 2.30. The van der Waals surface area contributed by atoms with E-state index in [0.29, 0.717) is 19.0 Å². The van der Waals surface area contributed by atoms with Crippen molar-refractivity contribution in [1.82, 2.24) is 9.88 Å². The van der Waals surface area contributed by atoms with Gasteiger partial charge in [-0.15, -0.1) is 0 Å². The fourth-order valence-electron chi connectivity index (χ4n) is 2.62. The van der Waals surface area contributed by atoms with Crippen molar-refractivity contribution in [3.05, 3.63) is 23.9 Å². The molecule has 1 aliphatic rings. The Bertz CT molecular complexity index is 495. The molecule has 1 aromatic rings. The number of halogens is 3. The topological polar surface area (TPSA) is 42.4 Å². The summed E-state index contributed by atoms with van der Waals surface area (Å²) in [6.45, 7) is 0.987. The number of aromatic nitrogens is 1. The number of amides is 1. The smallest absolute Gasteiger partial charge is 0.389 e. The van der Waals surface area contributed by atoms with Gasteiger partial charge in [-0.3, -0.25) is 4.79 Å². The molecule has 0 bridgehead atoms. The Morgan fingerprint density at radius 3 is 2.55 bits per heavy atom. The molecule has 1 aliphatic heterocycles. The average molecular weight is 316 g/mol. The van der Waals surface area contributed by atoms with E-state index >= 15 is 0 Å². The summed E-state index contributed by atoms with van der Waals surface area (Å²) in [6.07, 6.45) is -2.54. The van der Waals surface area contributed by atoms with Gasteiger partial charge in [-0.1, -0.05) is 6.07 Å². The molecule has 0 saturated carbocycles. The third-order valence-corrected chi connectivity index (χ3v) is 3.91. The van der Waals surface area contributed by atoms with Gasteiger partial charge in [0.2, 0.25) is 11.8 Å². The van der Waals surface area contributed by atoms with E-state index in [9.17, 15) is 18.0 Å². The summed E-state index contributed by atoms with van der Waals surface area (Å²) < 4.78 is 41.4. The van der Waals surface area contributed by atoms with Crippen molar-refractivity contribution < 1.29 is 22.7 Å². The second kappa shape index (κ2) is 6.98. The third-order valence-electron chi connectivity index (χ3n) is 3.91. The van der Waals surface area contributed by atoms with E-state index in [-0.39, 0.29) is 5.92 Å². The zero-order valence-corrected chi connectivity index (χ0v) is 12.4. The van der Waals surface area contributed by atoms with Gasteiger partial charge in [0.15, 0.2) is 0 Å². The quantitative estimate of drug-likeness (QED) is 0.857. The van der Waals surface area contributed by atoms with Crippen LogP contribution in [0.25, 0.3) is 0 Å². The van der Waals surface area contributed by atoms with Gasteiger partial charge < -0.3 is 9.64 Å². The predicted molar refractivity (Wildman–Crippen MR) is 74.6 cm³/mol. The Kier molecular flexibility index (Phi) is 5.26. The number of likely N-dealkylation sites (tertiary alicyclic amines) is 1. The van der Waals surface area contributed by atoms with Gasteiger partial charge in [-0.05, 0) is 24.3 Å². The van der Waals surface area contributed by atoms with Crippen LogP contribution in [0.4, 0.5) is 13.2 Å². The molecule has 0 atom stereocenters. The summed E-state index contributed by atoms with van der Waals surface area (Å²) in [4.78, 5) is 17.5. The Hall–Kier alpha value is -1.79. The highest BCUT2D eigenvalue weighted by Crippen LogP contribution is 2.29. The number of carbonyl (C=O) groups is 1. The molecule has 0 aromatic carbocycles. The van der Waals surface area contributed by atoms with Crippen LogP contribution in [0.15, 0.2) is 18.3 Å². The lowest BCUT2D eigenvalue weighted by Crippen LogP contribution is -2.38. The van der Waals surface area contributed by atoms with Crippen LogP contribution in [0, 0.1) is 0 Å². The molecule has 0 spiro atoms. The first-order chi connectivity index (χ1) is 10.4. The van der Waals surface area contributed by atoms with Gasteiger partial charge in [0.25, 0.3) is 0 Å². The van der Waals surface area contributed by atoms with Crippen LogP contribution < -0.4 is 4.74 Å². The standard InChI is InChI=1S/C15H19F3N2O2/c1-22-13-3-2-12(10-19-13)11-5-8-20(9-6-11)14(21)4-7-15(16,17)18/h2-3,10-11H,4-9H2,1H3. The molecular formula is C15H19F3N2O2. The number of piperidine rings is 1. The van der Waals surface area contributed by atoms with Crippen LogP contribution in [0.2, 0.25) is 0 Å². The van der Waals surface area contributed by atoms with E-state index in [4.69, 9.17) is 4.74 Å². The van der Waals surface area contributed by atoms with E-state index < -0.39 is 24.9 Å². The Morgan fingerprint density at radius 2 is 2.05 bits per heavy atom. The van der Waals surface area contributed by atoms with Crippen molar-refractivity contribution in [1.29, 1.82) is 0 Å². The summed E-state index contributed by atoms with van der Waals surface area (Å²) in [6, 6.07) is 3.73. The zero-order valence-electron chi connectivity index (χ0n) is 12.4. The molecule has 7 heteroatoms. The fraction of sp³-hybridized carbons (Fsp3) is 0.600. The molecular weight excluding hydrogens is 297 g/mol. The van der Waals surface area contributed by atoms with E-state index in [1.54, 1.807) is 19.4 Å². The van der Waals surface area contributed by atoms with Gasteiger partial charge in [0.1, 0.15) is 0 Å². The second-order valence-corrected chi connectivity index (χ2v) is 5.40. The largest absolute Gasteiger partial charge is 0.481 e. The summed E-state index contributed by atoms with van der Waals surface area (Å²) >= 11 is 0. The number of ether oxygens (including phenoxy) is 1. The molecule has 0 radical (unpaired) electrons. The van der Waals surface area contributed by atoms with Crippen LogP contribution in [0.3, 0.4) is 0 Å². The van der Waals surface area contributed by atoms with E-state index in [1.165, 1.54) is 4.90 Å². The van der Waals surface area contributed by atoms with Crippen LogP contribution >= 0.6 is 0 Å². The van der Waals surface area contributed by atoms with Gasteiger partial charge in [0.05, 0.1) is 13.5 Å². The lowest BCUT2D eigenvalue weighted by atomic mass is 9.90. The van der Waals surface area contributed by atoms with Gasteiger partial charge in [-0.25, -0.2) is 4.98 Å². The number of nitrogens with zero attached hydrogens (tertiary/aromatic N) is 2. The summed E-state index contributed by atoms with van der Waals surface area (Å²) in [7, 11) is 1.55. The molecule has 22 heavy (non-hydrogen) atoms. The minimum absolute atomic E-state index is 0.282. The first kappa shape index (κ1) is 16.6. The van der Waals surface area contributed by atoms with Crippen molar-refractivity contribution in [3.63, 3.8) is 0 Å². The van der Waals surface area contributed by atoms with Crippen molar-refractivity contribution >= 4 is 5.91 Å². The fourth-order valence-corrected chi connectivity index (χ4v) is 2.62. The summed E-state index contributed by atoms with van der Waals surface area (Å²) in [5.74, 6) is 0.414. The summed E-state index contributed by atoms with van der Waals surface area (Å²) in [5, 5.41) is 0. The molecule has 1 fully saturated rings. The lowest BCUT2D eigenvalue weighted by molar-refractivity contribution is -0.149. The van der Waals surface area contributed by atoms with Crippen LogP contribution in [-0.4, -0.2) is 42.2 Å². The molecule has 0 unspecified atom stereocenters. The number of hydrogen-bond donors (Lipinski definition) is 0. The molecule has 1 saturated heterocycles. The normalized spacial score (nSPS) is 16.6. The third kappa shape index (κ3) is 4.61. The first-order valence-electron chi connectivity index (χ1n) is 7.23. The first-order valence-corrected chi connectivity index (χ1v) is 7.23. The predicted octanol–water partition coefficient (Wildman–Crippen LogP) is 3.14. The number of rotatable bonds is 4. The van der Waals surface area contributed by atoms with E-state index in [0.717, 1.165) is 18.4 Å². The van der Waals surface area contributed by atoms with Crippen LogP contribution in [0.1, 0.15) is 37.2 Å². The van der Waals surface area contributed by atoms with Crippen molar-refractivity contribution in [2.24, 2.45) is 0 Å². The second-order valence-electron chi connectivity index (χ2n) is 5.40. The Labute approximate surface area is 127 Å². The number of pyridine rings is 1. The maximum atomic E-state index is 12.1. The SMILES string of the molecule is COc1ccc(C2CCN(C(=O)CCC(F)(F)F)CC2)cn1. The highest BCUT2D eigenvalue weighted by molar-refractivity contribution is 5.76. The van der Waals surface area contributed by atoms with Gasteiger partial charge >= 0.3 is 6.18 Å². The lowest BCUT2D eigenvalue weighted by Gasteiger charge is -2.32.